The van der Waals surface area contributed by atoms with Crippen LogP contribution in [0.2, 0.25) is 0 Å². The standard InChI is InChI=1S/C21H26O3/c1-4-21(23)10-8-17-15-6-5-13-11-19(24-3)18(22)12-16(13)14(15)7-9-20(17,21)2/h1,11-12,14-15,17,22-23H,5-10H2,2-3H3/t14-,15+,17-,20-,21-/m0/s1. The Hall–Kier alpha value is -1.66. The lowest BCUT2D eigenvalue weighted by atomic mass is 9.53. The average molecular weight is 326 g/mol. The molecule has 0 radical (unpaired) electrons. The molecule has 5 atom stereocenters. The molecule has 1 aromatic carbocycles. The van der Waals surface area contributed by atoms with E-state index in [0.29, 0.717) is 29.9 Å². The van der Waals surface area contributed by atoms with Gasteiger partial charge in [-0.05, 0) is 79.5 Å². The zero-order valence-corrected chi connectivity index (χ0v) is 14.5. The van der Waals surface area contributed by atoms with Crippen molar-refractivity contribution < 1.29 is 14.9 Å². The normalized spacial score (nSPS) is 40.2. The van der Waals surface area contributed by atoms with E-state index in [-0.39, 0.29) is 11.2 Å². The van der Waals surface area contributed by atoms with Crippen molar-refractivity contribution in [3.05, 3.63) is 23.3 Å². The second kappa shape index (κ2) is 5.17. The molecule has 0 bridgehead atoms. The molecule has 0 unspecified atom stereocenters. The number of hydrogen-bond donors (Lipinski definition) is 2. The molecule has 3 aliphatic rings. The predicted octanol–water partition coefficient (Wildman–Crippen LogP) is 3.62. The fraction of sp³-hybridized carbons (Fsp3) is 0.619. The van der Waals surface area contributed by atoms with Gasteiger partial charge >= 0.3 is 0 Å². The number of phenols is 1. The van der Waals surface area contributed by atoms with Crippen molar-refractivity contribution in [3.8, 4) is 23.8 Å². The predicted molar refractivity (Wildman–Crippen MR) is 93.1 cm³/mol. The second-order valence-electron chi connectivity index (χ2n) is 8.14. The van der Waals surface area contributed by atoms with Gasteiger partial charge in [0.2, 0.25) is 0 Å². The number of terminal acetylenes is 1. The fourth-order valence-corrected chi connectivity index (χ4v) is 6.00. The number of rotatable bonds is 1. The van der Waals surface area contributed by atoms with Crippen molar-refractivity contribution in [2.45, 2.75) is 57.0 Å². The van der Waals surface area contributed by atoms with Crippen molar-refractivity contribution in [3.63, 3.8) is 0 Å². The minimum absolute atomic E-state index is 0.172. The topological polar surface area (TPSA) is 49.7 Å². The van der Waals surface area contributed by atoms with E-state index in [1.165, 1.54) is 11.1 Å². The van der Waals surface area contributed by atoms with Crippen LogP contribution in [0.1, 0.15) is 56.1 Å². The third-order valence-electron chi connectivity index (χ3n) is 7.41. The number of aromatic hydroxyl groups is 1. The highest BCUT2D eigenvalue weighted by molar-refractivity contribution is 5.49. The highest BCUT2D eigenvalue weighted by atomic mass is 16.5. The van der Waals surface area contributed by atoms with Crippen LogP contribution in [0.3, 0.4) is 0 Å². The molecule has 2 N–H and O–H groups in total. The van der Waals surface area contributed by atoms with E-state index in [2.05, 4.69) is 12.8 Å². The highest BCUT2D eigenvalue weighted by Gasteiger charge is 2.61. The first-order valence-electron chi connectivity index (χ1n) is 9.03. The van der Waals surface area contributed by atoms with Gasteiger partial charge in [-0.25, -0.2) is 0 Å². The quantitative estimate of drug-likeness (QED) is 0.775. The molecule has 0 amide bonds. The van der Waals surface area contributed by atoms with E-state index in [1.54, 1.807) is 7.11 Å². The van der Waals surface area contributed by atoms with E-state index in [1.807, 2.05) is 12.1 Å². The van der Waals surface area contributed by atoms with Crippen LogP contribution in [-0.2, 0) is 6.42 Å². The molecule has 1 aromatic rings. The molecule has 2 saturated carbocycles. The zero-order chi connectivity index (χ0) is 17.1. The number of ether oxygens (including phenoxy) is 1. The van der Waals surface area contributed by atoms with Crippen molar-refractivity contribution in [1.29, 1.82) is 0 Å². The molecule has 3 heteroatoms. The molecule has 3 aliphatic carbocycles. The summed E-state index contributed by atoms with van der Waals surface area (Å²) >= 11 is 0. The first-order chi connectivity index (χ1) is 11.4. The Kier molecular flexibility index (Phi) is 3.41. The van der Waals surface area contributed by atoms with Gasteiger partial charge in [-0.2, -0.15) is 0 Å². The van der Waals surface area contributed by atoms with Crippen LogP contribution >= 0.6 is 0 Å². The smallest absolute Gasteiger partial charge is 0.160 e. The lowest BCUT2D eigenvalue weighted by Gasteiger charge is -2.52. The minimum atomic E-state index is -0.953. The molecule has 0 saturated heterocycles. The van der Waals surface area contributed by atoms with Gasteiger partial charge in [-0.3, -0.25) is 0 Å². The van der Waals surface area contributed by atoms with E-state index in [9.17, 15) is 10.2 Å². The molecule has 3 nitrogen and oxygen atoms in total. The summed E-state index contributed by atoms with van der Waals surface area (Å²) in [7, 11) is 1.60. The van der Waals surface area contributed by atoms with Gasteiger partial charge in [-0.1, -0.05) is 12.8 Å². The van der Waals surface area contributed by atoms with Gasteiger partial charge in [0.1, 0.15) is 5.60 Å². The van der Waals surface area contributed by atoms with Crippen LogP contribution in [0.4, 0.5) is 0 Å². The molecule has 2 fully saturated rings. The third kappa shape index (κ3) is 1.90. The van der Waals surface area contributed by atoms with E-state index in [4.69, 9.17) is 11.2 Å². The molecule has 0 spiro atoms. The Morgan fingerprint density at radius 3 is 2.75 bits per heavy atom. The highest BCUT2D eigenvalue weighted by Crippen LogP contribution is 2.64. The Morgan fingerprint density at radius 1 is 1.25 bits per heavy atom. The largest absolute Gasteiger partial charge is 0.504 e. The molecule has 128 valence electrons. The van der Waals surface area contributed by atoms with Gasteiger partial charge < -0.3 is 14.9 Å². The number of hydrogen-bond acceptors (Lipinski definition) is 3. The summed E-state index contributed by atoms with van der Waals surface area (Å²) in [5, 5.41) is 21.2. The molecule has 24 heavy (non-hydrogen) atoms. The maximum Gasteiger partial charge on any atom is 0.160 e. The average Bonchev–Trinajstić information content (AvgIpc) is 2.86. The summed E-state index contributed by atoms with van der Waals surface area (Å²) in [6, 6.07) is 3.91. The van der Waals surface area contributed by atoms with Crippen LogP contribution in [0.5, 0.6) is 11.5 Å². The molecule has 0 aliphatic heterocycles. The Labute approximate surface area is 144 Å². The molecule has 4 rings (SSSR count). The van der Waals surface area contributed by atoms with Crippen LogP contribution in [0.15, 0.2) is 12.1 Å². The zero-order valence-electron chi connectivity index (χ0n) is 14.5. The fourth-order valence-electron chi connectivity index (χ4n) is 6.00. The van der Waals surface area contributed by atoms with Crippen molar-refractivity contribution in [2.75, 3.05) is 7.11 Å². The number of aliphatic hydroxyl groups is 1. The summed E-state index contributed by atoms with van der Waals surface area (Å²) in [4.78, 5) is 0. The van der Waals surface area contributed by atoms with Crippen molar-refractivity contribution >= 4 is 0 Å². The maximum atomic E-state index is 11.0. The van der Waals surface area contributed by atoms with Gasteiger partial charge in [-0.15, -0.1) is 6.42 Å². The number of phenolic OH excluding ortho intramolecular Hbond substituents is 1. The summed E-state index contributed by atoms with van der Waals surface area (Å²) in [6.45, 7) is 2.20. The molecule has 0 heterocycles. The van der Waals surface area contributed by atoms with Gasteiger partial charge in [0.25, 0.3) is 0 Å². The summed E-state index contributed by atoms with van der Waals surface area (Å²) in [5.74, 6) is 4.99. The summed E-state index contributed by atoms with van der Waals surface area (Å²) in [5.41, 5.74) is 1.46. The lowest BCUT2D eigenvalue weighted by Crippen LogP contribution is -2.50. The Bertz CT molecular complexity index is 719. The Balaban J connectivity index is 1.72. The summed E-state index contributed by atoms with van der Waals surface area (Å²) < 4.78 is 5.27. The van der Waals surface area contributed by atoms with Crippen LogP contribution in [0.25, 0.3) is 0 Å². The van der Waals surface area contributed by atoms with Crippen molar-refractivity contribution in [1.82, 2.24) is 0 Å². The van der Waals surface area contributed by atoms with E-state index < -0.39 is 5.60 Å². The number of methoxy groups -OCH3 is 1. The first-order valence-corrected chi connectivity index (χ1v) is 9.03. The summed E-state index contributed by atoms with van der Waals surface area (Å²) in [6.07, 6.45) is 11.6. The molecule has 0 aromatic heterocycles. The third-order valence-corrected chi connectivity index (χ3v) is 7.41. The number of aryl methyl sites for hydroxylation is 1. The van der Waals surface area contributed by atoms with Gasteiger partial charge in [0.15, 0.2) is 11.5 Å². The van der Waals surface area contributed by atoms with Crippen LogP contribution < -0.4 is 4.74 Å². The second-order valence-corrected chi connectivity index (χ2v) is 8.14. The number of benzene rings is 1. The molecular formula is C21H26O3. The van der Waals surface area contributed by atoms with Gasteiger partial charge in [0, 0.05) is 5.41 Å². The SMILES string of the molecule is C#C[C@]1(O)CC[C@H]2[C@@H]3CCc4cc(OC)c(O)cc4[C@H]3CC[C@@]21C. The monoisotopic (exact) mass is 326 g/mol. The minimum Gasteiger partial charge on any atom is -0.504 e. The van der Waals surface area contributed by atoms with Gasteiger partial charge in [0.05, 0.1) is 7.11 Å². The van der Waals surface area contributed by atoms with Crippen molar-refractivity contribution in [2.24, 2.45) is 17.3 Å². The van der Waals surface area contributed by atoms with E-state index in [0.717, 1.165) is 32.1 Å². The Morgan fingerprint density at radius 2 is 2.04 bits per heavy atom. The van der Waals surface area contributed by atoms with Crippen LogP contribution in [0, 0.1) is 29.6 Å². The first kappa shape index (κ1) is 15.8. The number of fused-ring (bicyclic) bond motifs is 5. The molecular weight excluding hydrogens is 300 g/mol. The van der Waals surface area contributed by atoms with Crippen LogP contribution in [-0.4, -0.2) is 22.9 Å². The van der Waals surface area contributed by atoms with E-state index >= 15 is 0 Å². The maximum absolute atomic E-state index is 11.0. The lowest BCUT2D eigenvalue weighted by molar-refractivity contribution is -0.0647.